The maximum atomic E-state index is 12.5. The number of sulfonamides is 1. The van der Waals surface area contributed by atoms with Crippen molar-refractivity contribution in [3.63, 3.8) is 0 Å². The van der Waals surface area contributed by atoms with Crippen LogP contribution >= 0.6 is 0 Å². The summed E-state index contributed by atoms with van der Waals surface area (Å²) in [5, 5.41) is 2.79. The van der Waals surface area contributed by atoms with E-state index in [9.17, 15) is 13.2 Å². The fourth-order valence-electron chi connectivity index (χ4n) is 3.02. The van der Waals surface area contributed by atoms with Gasteiger partial charge in [-0.2, -0.15) is 0 Å². The molecule has 3 aromatic carbocycles. The Balaban J connectivity index is 1.53. The number of carbonyl (C=O) groups excluding carboxylic acids is 1. The van der Waals surface area contributed by atoms with Gasteiger partial charge in [0.2, 0.25) is 0 Å². The van der Waals surface area contributed by atoms with E-state index in [4.69, 9.17) is 4.74 Å². The molecule has 0 saturated heterocycles. The Bertz CT molecular complexity index is 1150. The molecule has 0 heterocycles. The highest BCUT2D eigenvalue weighted by atomic mass is 32.2. The molecule has 0 bridgehead atoms. The smallest absolute Gasteiger partial charge is 0.261 e. The Morgan fingerprint density at radius 1 is 0.906 bits per heavy atom. The molecule has 1 amide bonds. The van der Waals surface area contributed by atoms with Crippen LogP contribution in [0.4, 0.5) is 5.69 Å². The summed E-state index contributed by atoms with van der Waals surface area (Å²) >= 11 is 0. The third-order valence-corrected chi connectivity index (χ3v) is 6.20. The summed E-state index contributed by atoms with van der Waals surface area (Å²) in [4.78, 5) is 12.6. The lowest BCUT2D eigenvalue weighted by Crippen LogP contribution is -2.28. The molecule has 0 aromatic heterocycles. The largest absolute Gasteiger partial charge is 0.492 e. The highest BCUT2D eigenvalue weighted by molar-refractivity contribution is 7.92. The summed E-state index contributed by atoms with van der Waals surface area (Å²) in [6.07, 6.45) is 0. The first-order valence-electron chi connectivity index (χ1n) is 10.3. The van der Waals surface area contributed by atoms with Crippen molar-refractivity contribution in [1.82, 2.24) is 5.32 Å². The monoisotopic (exact) mass is 452 g/mol. The molecular formula is C25H28N2O4S. The van der Waals surface area contributed by atoms with Crippen LogP contribution in [0, 0.1) is 0 Å². The van der Waals surface area contributed by atoms with Gasteiger partial charge in [0.15, 0.2) is 0 Å². The molecular weight excluding hydrogens is 424 g/mol. The van der Waals surface area contributed by atoms with Gasteiger partial charge >= 0.3 is 0 Å². The van der Waals surface area contributed by atoms with E-state index >= 15 is 0 Å². The van der Waals surface area contributed by atoms with E-state index in [1.165, 1.54) is 23.8 Å². The molecule has 7 heteroatoms. The number of benzene rings is 3. The molecule has 0 aliphatic carbocycles. The summed E-state index contributed by atoms with van der Waals surface area (Å²) in [5.41, 5.74) is 1.97. The number of anilines is 1. The standard InChI is InChI=1S/C25H28N2O4S/c1-25(2,3)20-12-14-22(15-13-20)31-17-16-26-24(28)19-8-7-9-21(18-19)27-32(29,30)23-10-5-4-6-11-23/h4-15,18,27H,16-17H2,1-3H3,(H,26,28). The third kappa shape index (κ3) is 6.34. The van der Waals surface area contributed by atoms with Crippen LogP contribution < -0.4 is 14.8 Å². The minimum atomic E-state index is -3.72. The lowest BCUT2D eigenvalue weighted by molar-refractivity contribution is 0.0947. The minimum absolute atomic E-state index is 0.0797. The molecule has 2 N–H and O–H groups in total. The molecule has 0 saturated carbocycles. The van der Waals surface area contributed by atoms with Gasteiger partial charge in [-0.25, -0.2) is 8.42 Å². The molecule has 0 aliphatic heterocycles. The molecule has 6 nitrogen and oxygen atoms in total. The van der Waals surface area contributed by atoms with Crippen molar-refractivity contribution in [1.29, 1.82) is 0 Å². The quantitative estimate of drug-likeness (QED) is 0.490. The van der Waals surface area contributed by atoms with E-state index < -0.39 is 10.0 Å². The van der Waals surface area contributed by atoms with Gasteiger partial charge in [-0.15, -0.1) is 0 Å². The maximum Gasteiger partial charge on any atom is 0.261 e. The number of amides is 1. The van der Waals surface area contributed by atoms with E-state index in [0.29, 0.717) is 24.4 Å². The predicted molar refractivity (Wildman–Crippen MR) is 127 cm³/mol. The molecule has 0 fully saturated rings. The van der Waals surface area contributed by atoms with E-state index in [1.54, 1.807) is 36.4 Å². The van der Waals surface area contributed by atoms with E-state index in [-0.39, 0.29) is 16.2 Å². The van der Waals surface area contributed by atoms with Crippen molar-refractivity contribution in [2.75, 3.05) is 17.9 Å². The van der Waals surface area contributed by atoms with E-state index in [2.05, 4.69) is 30.8 Å². The fourth-order valence-corrected chi connectivity index (χ4v) is 4.09. The Kier molecular flexibility index (Phi) is 7.20. The number of rotatable bonds is 8. The highest BCUT2D eigenvalue weighted by Crippen LogP contribution is 2.24. The van der Waals surface area contributed by atoms with Gasteiger partial charge in [0, 0.05) is 11.3 Å². The molecule has 0 spiro atoms. The second-order valence-electron chi connectivity index (χ2n) is 8.38. The van der Waals surface area contributed by atoms with Crippen molar-refractivity contribution in [3.8, 4) is 5.75 Å². The van der Waals surface area contributed by atoms with Gasteiger partial charge in [0.25, 0.3) is 15.9 Å². The molecule has 0 aliphatic rings. The first kappa shape index (κ1) is 23.3. The molecule has 0 atom stereocenters. The Hall–Kier alpha value is -3.32. The van der Waals surface area contributed by atoms with Crippen LogP contribution in [0.3, 0.4) is 0 Å². The molecule has 3 rings (SSSR count). The number of carbonyl (C=O) groups is 1. The van der Waals surface area contributed by atoms with Crippen LogP contribution in [0.2, 0.25) is 0 Å². The molecule has 32 heavy (non-hydrogen) atoms. The lowest BCUT2D eigenvalue weighted by Gasteiger charge is -2.19. The lowest BCUT2D eigenvalue weighted by atomic mass is 9.87. The van der Waals surface area contributed by atoms with Gasteiger partial charge in [0.1, 0.15) is 12.4 Å². The number of ether oxygens (including phenoxy) is 1. The van der Waals surface area contributed by atoms with Crippen molar-refractivity contribution in [2.45, 2.75) is 31.1 Å². The summed E-state index contributed by atoms with van der Waals surface area (Å²) < 4.78 is 33.1. The van der Waals surface area contributed by atoms with Gasteiger partial charge in [-0.1, -0.05) is 57.2 Å². The summed E-state index contributed by atoms with van der Waals surface area (Å²) in [7, 11) is -3.72. The Labute approximate surface area is 189 Å². The number of hydrogen-bond acceptors (Lipinski definition) is 4. The summed E-state index contributed by atoms with van der Waals surface area (Å²) in [6, 6.07) is 22.3. The Morgan fingerprint density at radius 3 is 2.25 bits per heavy atom. The maximum absolute atomic E-state index is 12.5. The molecule has 0 radical (unpaired) electrons. The van der Waals surface area contributed by atoms with Crippen LogP contribution in [-0.4, -0.2) is 27.5 Å². The van der Waals surface area contributed by atoms with Crippen LogP contribution in [0.15, 0.2) is 83.8 Å². The predicted octanol–water partition coefficient (Wildman–Crippen LogP) is 4.59. The summed E-state index contributed by atoms with van der Waals surface area (Å²) in [5.74, 6) is 0.432. The second-order valence-corrected chi connectivity index (χ2v) is 10.1. The van der Waals surface area contributed by atoms with Crippen molar-refractivity contribution in [3.05, 3.63) is 90.0 Å². The van der Waals surface area contributed by atoms with E-state index in [1.807, 2.05) is 24.3 Å². The second kappa shape index (κ2) is 9.87. The Morgan fingerprint density at radius 2 is 1.59 bits per heavy atom. The van der Waals surface area contributed by atoms with Crippen molar-refractivity contribution < 1.29 is 17.9 Å². The average molecular weight is 453 g/mol. The minimum Gasteiger partial charge on any atom is -0.492 e. The topological polar surface area (TPSA) is 84.5 Å². The van der Waals surface area contributed by atoms with E-state index in [0.717, 1.165) is 5.75 Å². The normalized spacial score (nSPS) is 11.6. The SMILES string of the molecule is CC(C)(C)c1ccc(OCCNC(=O)c2cccc(NS(=O)(=O)c3ccccc3)c2)cc1. The van der Waals surface area contributed by atoms with Crippen molar-refractivity contribution >= 4 is 21.6 Å². The first-order valence-corrected chi connectivity index (χ1v) is 11.8. The first-order chi connectivity index (χ1) is 15.1. The van der Waals surface area contributed by atoms with Crippen LogP contribution in [-0.2, 0) is 15.4 Å². The fraction of sp³-hybridized carbons (Fsp3) is 0.240. The molecule has 0 unspecified atom stereocenters. The summed E-state index contributed by atoms with van der Waals surface area (Å²) in [6.45, 7) is 7.10. The van der Waals surface area contributed by atoms with Gasteiger partial charge < -0.3 is 10.1 Å². The molecule has 168 valence electrons. The number of nitrogens with one attached hydrogen (secondary N) is 2. The van der Waals surface area contributed by atoms with Crippen molar-refractivity contribution in [2.24, 2.45) is 0 Å². The zero-order chi connectivity index (χ0) is 23.2. The zero-order valence-corrected chi connectivity index (χ0v) is 19.3. The van der Waals surface area contributed by atoms with Crippen LogP contribution in [0.25, 0.3) is 0 Å². The van der Waals surface area contributed by atoms with Gasteiger partial charge in [-0.3, -0.25) is 9.52 Å². The number of hydrogen-bond donors (Lipinski definition) is 2. The third-order valence-electron chi connectivity index (χ3n) is 4.81. The molecule has 3 aromatic rings. The average Bonchev–Trinajstić information content (AvgIpc) is 2.77. The zero-order valence-electron chi connectivity index (χ0n) is 18.5. The van der Waals surface area contributed by atoms with Crippen LogP contribution in [0.5, 0.6) is 5.75 Å². The van der Waals surface area contributed by atoms with Crippen LogP contribution in [0.1, 0.15) is 36.7 Å². The van der Waals surface area contributed by atoms with Gasteiger partial charge in [0.05, 0.1) is 11.4 Å². The highest BCUT2D eigenvalue weighted by Gasteiger charge is 2.15. The van der Waals surface area contributed by atoms with Gasteiger partial charge in [-0.05, 0) is 53.4 Å².